The van der Waals surface area contributed by atoms with Gasteiger partial charge in [-0.2, -0.15) is 0 Å². The molecule has 1 fully saturated rings. The second kappa shape index (κ2) is 8.36. The van der Waals surface area contributed by atoms with E-state index in [0.717, 1.165) is 23.6 Å². The molecule has 4 rings (SSSR count). The predicted molar refractivity (Wildman–Crippen MR) is 111 cm³/mol. The average molecular weight is 375 g/mol. The van der Waals surface area contributed by atoms with Crippen molar-refractivity contribution >= 4 is 5.69 Å². The van der Waals surface area contributed by atoms with Crippen molar-refractivity contribution in [3.8, 4) is 11.5 Å². The topological polar surface area (TPSA) is 30.9 Å². The second-order valence-electron chi connectivity index (χ2n) is 6.88. The van der Waals surface area contributed by atoms with Gasteiger partial charge >= 0.3 is 0 Å². The van der Waals surface area contributed by atoms with Gasteiger partial charge in [-0.05, 0) is 35.4 Å². The fraction of sp³-hybridized carbons (Fsp3) is 0.250. The van der Waals surface area contributed by atoms with Crippen LogP contribution in [0.3, 0.4) is 0 Å². The lowest BCUT2D eigenvalue weighted by molar-refractivity contribution is -0.00978. The summed E-state index contributed by atoms with van der Waals surface area (Å²) in [6, 6.07) is 27.0. The van der Waals surface area contributed by atoms with Gasteiger partial charge in [0.25, 0.3) is 0 Å². The first-order valence-electron chi connectivity index (χ1n) is 9.49. The smallest absolute Gasteiger partial charge is 0.161 e. The number of anilines is 1. The van der Waals surface area contributed by atoms with E-state index in [4.69, 9.17) is 14.2 Å². The molecule has 0 aliphatic carbocycles. The lowest BCUT2D eigenvalue weighted by atomic mass is 9.90. The molecule has 0 radical (unpaired) electrons. The number of nitrogens with zero attached hydrogens (tertiary/aromatic N) is 1. The molecule has 0 aromatic heterocycles. The first-order chi connectivity index (χ1) is 13.8. The van der Waals surface area contributed by atoms with Crippen LogP contribution in [0.2, 0.25) is 0 Å². The standard InChI is InChI=1S/C24H25NO3/c1-26-21-14-13-19(15-22(21)27-2)24-23(28-17-18-9-5-3-6-10-18)16-25(24)20-11-7-4-8-12-20/h3-15,23-24H,16-17H2,1-2H3. The summed E-state index contributed by atoms with van der Waals surface area (Å²) in [6.45, 7) is 1.47. The third-order valence-corrected chi connectivity index (χ3v) is 5.21. The second-order valence-corrected chi connectivity index (χ2v) is 6.88. The monoisotopic (exact) mass is 375 g/mol. The van der Waals surface area contributed by atoms with Crippen LogP contribution >= 0.6 is 0 Å². The van der Waals surface area contributed by atoms with Crippen LogP contribution in [0.1, 0.15) is 17.2 Å². The summed E-state index contributed by atoms with van der Waals surface area (Å²) in [5.41, 5.74) is 3.54. The van der Waals surface area contributed by atoms with Crippen LogP contribution < -0.4 is 14.4 Å². The van der Waals surface area contributed by atoms with Gasteiger partial charge in [-0.15, -0.1) is 0 Å². The van der Waals surface area contributed by atoms with Crippen molar-refractivity contribution in [2.45, 2.75) is 18.8 Å². The SMILES string of the molecule is COc1ccc(C2C(OCc3ccccc3)CN2c2ccccc2)cc1OC. The van der Waals surface area contributed by atoms with Crippen molar-refractivity contribution in [2.75, 3.05) is 25.7 Å². The molecule has 144 valence electrons. The van der Waals surface area contributed by atoms with Crippen LogP contribution in [0.4, 0.5) is 5.69 Å². The van der Waals surface area contributed by atoms with E-state index >= 15 is 0 Å². The number of rotatable bonds is 7. The minimum Gasteiger partial charge on any atom is -0.493 e. The van der Waals surface area contributed by atoms with Crippen molar-refractivity contribution < 1.29 is 14.2 Å². The molecule has 3 aromatic carbocycles. The van der Waals surface area contributed by atoms with E-state index in [9.17, 15) is 0 Å². The highest BCUT2D eigenvalue weighted by molar-refractivity contribution is 5.55. The first kappa shape index (κ1) is 18.4. The summed E-state index contributed by atoms with van der Waals surface area (Å²) in [5.74, 6) is 1.47. The molecule has 0 saturated carbocycles. The quantitative estimate of drug-likeness (QED) is 0.591. The molecule has 1 heterocycles. The number of ether oxygens (including phenoxy) is 3. The first-order valence-corrected chi connectivity index (χ1v) is 9.49. The van der Waals surface area contributed by atoms with Crippen LogP contribution in [0.15, 0.2) is 78.9 Å². The van der Waals surface area contributed by atoms with Crippen LogP contribution in [0.5, 0.6) is 11.5 Å². The molecule has 0 N–H and O–H groups in total. The summed E-state index contributed by atoms with van der Waals surface area (Å²) in [4.78, 5) is 2.37. The van der Waals surface area contributed by atoms with E-state index < -0.39 is 0 Å². The Morgan fingerprint density at radius 1 is 0.821 bits per heavy atom. The molecule has 1 saturated heterocycles. The third-order valence-electron chi connectivity index (χ3n) is 5.21. The highest BCUT2D eigenvalue weighted by Crippen LogP contribution is 2.42. The summed E-state index contributed by atoms with van der Waals surface area (Å²) in [7, 11) is 3.32. The summed E-state index contributed by atoms with van der Waals surface area (Å²) >= 11 is 0. The molecular weight excluding hydrogens is 350 g/mol. The molecule has 0 bridgehead atoms. The van der Waals surface area contributed by atoms with Gasteiger partial charge in [0.2, 0.25) is 0 Å². The molecule has 1 aliphatic rings. The van der Waals surface area contributed by atoms with Crippen molar-refractivity contribution in [3.63, 3.8) is 0 Å². The highest BCUT2D eigenvalue weighted by atomic mass is 16.5. The highest BCUT2D eigenvalue weighted by Gasteiger charge is 2.41. The molecule has 0 amide bonds. The van der Waals surface area contributed by atoms with Crippen molar-refractivity contribution in [1.29, 1.82) is 0 Å². The third kappa shape index (κ3) is 3.69. The van der Waals surface area contributed by atoms with E-state index in [0.29, 0.717) is 6.61 Å². The number of methoxy groups -OCH3 is 2. The molecular formula is C24H25NO3. The van der Waals surface area contributed by atoms with Gasteiger partial charge < -0.3 is 19.1 Å². The Morgan fingerprint density at radius 2 is 1.50 bits per heavy atom. The zero-order chi connectivity index (χ0) is 19.3. The minimum absolute atomic E-state index is 0.110. The van der Waals surface area contributed by atoms with Crippen LogP contribution in [0.25, 0.3) is 0 Å². The molecule has 0 spiro atoms. The maximum absolute atomic E-state index is 6.30. The Balaban J connectivity index is 1.59. The molecule has 3 aromatic rings. The summed E-state index contributed by atoms with van der Waals surface area (Å²) in [5, 5.41) is 0. The molecule has 4 nitrogen and oxygen atoms in total. The van der Waals surface area contributed by atoms with Gasteiger partial charge in [0.1, 0.15) is 0 Å². The Hall–Kier alpha value is -2.98. The Bertz CT molecular complexity index is 896. The normalized spacial score (nSPS) is 18.4. The van der Waals surface area contributed by atoms with E-state index in [1.807, 2.05) is 30.3 Å². The van der Waals surface area contributed by atoms with Gasteiger partial charge in [0.05, 0.1) is 33.0 Å². The predicted octanol–water partition coefficient (Wildman–Crippen LogP) is 4.85. The van der Waals surface area contributed by atoms with E-state index in [1.54, 1.807) is 14.2 Å². The number of hydrogen-bond acceptors (Lipinski definition) is 4. The van der Waals surface area contributed by atoms with Crippen molar-refractivity contribution in [1.82, 2.24) is 0 Å². The fourth-order valence-corrected chi connectivity index (χ4v) is 3.71. The summed E-state index contributed by atoms with van der Waals surface area (Å²) < 4.78 is 17.2. The van der Waals surface area contributed by atoms with Crippen molar-refractivity contribution in [3.05, 3.63) is 90.0 Å². The van der Waals surface area contributed by atoms with Gasteiger partial charge in [0, 0.05) is 12.2 Å². The van der Waals surface area contributed by atoms with E-state index in [2.05, 4.69) is 53.4 Å². The average Bonchev–Trinajstić information content (AvgIpc) is 2.74. The largest absolute Gasteiger partial charge is 0.493 e. The van der Waals surface area contributed by atoms with Crippen LogP contribution in [0, 0.1) is 0 Å². The van der Waals surface area contributed by atoms with Crippen LogP contribution in [-0.4, -0.2) is 26.9 Å². The molecule has 4 heteroatoms. The van der Waals surface area contributed by atoms with Gasteiger partial charge in [0.15, 0.2) is 11.5 Å². The molecule has 2 atom stereocenters. The fourth-order valence-electron chi connectivity index (χ4n) is 3.71. The zero-order valence-electron chi connectivity index (χ0n) is 16.2. The maximum atomic E-state index is 6.30. The van der Waals surface area contributed by atoms with E-state index in [-0.39, 0.29) is 12.1 Å². The van der Waals surface area contributed by atoms with E-state index in [1.165, 1.54) is 11.3 Å². The zero-order valence-corrected chi connectivity index (χ0v) is 16.2. The summed E-state index contributed by atoms with van der Waals surface area (Å²) in [6.07, 6.45) is 0.110. The van der Waals surface area contributed by atoms with Gasteiger partial charge in [-0.25, -0.2) is 0 Å². The number of benzene rings is 3. The number of para-hydroxylation sites is 1. The molecule has 2 unspecified atom stereocenters. The Labute approximate surface area is 166 Å². The van der Waals surface area contributed by atoms with Gasteiger partial charge in [-0.1, -0.05) is 54.6 Å². The minimum atomic E-state index is 0.110. The van der Waals surface area contributed by atoms with Crippen LogP contribution in [-0.2, 0) is 11.3 Å². The molecule has 1 aliphatic heterocycles. The maximum Gasteiger partial charge on any atom is 0.161 e. The van der Waals surface area contributed by atoms with Gasteiger partial charge in [-0.3, -0.25) is 0 Å². The van der Waals surface area contributed by atoms with Crippen molar-refractivity contribution in [2.24, 2.45) is 0 Å². The molecule has 28 heavy (non-hydrogen) atoms. The lowest BCUT2D eigenvalue weighted by Crippen LogP contribution is -2.55. The lowest BCUT2D eigenvalue weighted by Gasteiger charge is -2.49. The number of hydrogen-bond donors (Lipinski definition) is 0. The Morgan fingerprint density at radius 3 is 2.18 bits per heavy atom. The Kier molecular flexibility index (Phi) is 5.49.